The molecule has 0 aliphatic carbocycles. The van der Waals surface area contributed by atoms with Gasteiger partial charge >= 0.3 is 17.9 Å². The average molecular weight is 944 g/mol. The summed E-state index contributed by atoms with van der Waals surface area (Å²) < 4.78 is 16.9. The Hall–Kier alpha value is -2.11. The topological polar surface area (TPSA) is 78.9 Å². The van der Waals surface area contributed by atoms with E-state index in [9.17, 15) is 14.4 Å². The number of esters is 3. The summed E-state index contributed by atoms with van der Waals surface area (Å²) in [6, 6.07) is 0. The fourth-order valence-electron chi connectivity index (χ4n) is 8.91. The molecule has 0 aromatic carbocycles. The molecular formula is C61H114O6. The maximum Gasteiger partial charge on any atom is 0.306 e. The Bertz CT molecular complexity index is 1080. The van der Waals surface area contributed by atoms with Crippen molar-refractivity contribution in [1.82, 2.24) is 0 Å². The van der Waals surface area contributed by atoms with Gasteiger partial charge in [-0.25, -0.2) is 0 Å². The lowest BCUT2D eigenvalue weighted by molar-refractivity contribution is -0.167. The number of ether oxygens (including phenoxy) is 3. The van der Waals surface area contributed by atoms with Crippen LogP contribution < -0.4 is 0 Å². The van der Waals surface area contributed by atoms with Crippen molar-refractivity contribution in [1.29, 1.82) is 0 Å². The van der Waals surface area contributed by atoms with Gasteiger partial charge in [-0.1, -0.05) is 263 Å². The molecule has 0 aromatic rings. The van der Waals surface area contributed by atoms with E-state index in [2.05, 4.69) is 45.1 Å². The van der Waals surface area contributed by atoms with E-state index < -0.39 is 6.10 Å². The van der Waals surface area contributed by atoms with Crippen molar-refractivity contribution in [3.05, 3.63) is 24.3 Å². The molecule has 6 nitrogen and oxygen atoms in total. The Balaban J connectivity index is 4.24. The summed E-state index contributed by atoms with van der Waals surface area (Å²) in [6.07, 6.45) is 66.0. The van der Waals surface area contributed by atoms with Crippen LogP contribution in [0.5, 0.6) is 0 Å². The Morgan fingerprint density at radius 2 is 0.493 bits per heavy atom. The zero-order valence-electron chi connectivity index (χ0n) is 45.2. The molecule has 0 heterocycles. The SMILES string of the molecule is CCCCCCCC/C=C\CCCCCCCCCCCCCC(=O)OC[C@H](COC(=O)CCCCCCCCC/C=C\CCCCCCCC)OC(=O)CCCCCCCCCCCCC. The van der Waals surface area contributed by atoms with Crippen molar-refractivity contribution in [2.75, 3.05) is 13.2 Å². The Kier molecular flexibility index (Phi) is 54.7. The molecule has 0 spiro atoms. The molecule has 0 aliphatic rings. The van der Waals surface area contributed by atoms with Crippen molar-refractivity contribution in [3.8, 4) is 0 Å². The summed E-state index contributed by atoms with van der Waals surface area (Å²) in [7, 11) is 0. The molecule has 67 heavy (non-hydrogen) atoms. The molecule has 0 fully saturated rings. The Labute approximate surface area is 417 Å². The third-order valence-electron chi connectivity index (χ3n) is 13.4. The van der Waals surface area contributed by atoms with Crippen LogP contribution in [0.25, 0.3) is 0 Å². The monoisotopic (exact) mass is 943 g/mol. The van der Waals surface area contributed by atoms with Crippen LogP contribution in [0.4, 0.5) is 0 Å². The Morgan fingerprint density at radius 1 is 0.284 bits per heavy atom. The fourth-order valence-corrected chi connectivity index (χ4v) is 8.91. The second kappa shape index (κ2) is 56.5. The molecule has 0 bridgehead atoms. The minimum Gasteiger partial charge on any atom is -0.462 e. The van der Waals surface area contributed by atoms with Gasteiger partial charge < -0.3 is 14.2 Å². The zero-order chi connectivity index (χ0) is 48.6. The van der Waals surface area contributed by atoms with Gasteiger partial charge in [-0.05, 0) is 70.6 Å². The van der Waals surface area contributed by atoms with Crippen molar-refractivity contribution < 1.29 is 28.6 Å². The van der Waals surface area contributed by atoms with E-state index in [0.29, 0.717) is 19.3 Å². The molecule has 1 atom stereocenters. The summed E-state index contributed by atoms with van der Waals surface area (Å²) in [5.41, 5.74) is 0. The first kappa shape index (κ1) is 64.9. The van der Waals surface area contributed by atoms with Crippen LogP contribution >= 0.6 is 0 Å². The van der Waals surface area contributed by atoms with Gasteiger partial charge in [0.1, 0.15) is 13.2 Å². The lowest BCUT2D eigenvalue weighted by Gasteiger charge is -2.18. The zero-order valence-corrected chi connectivity index (χ0v) is 45.2. The standard InChI is InChI=1S/C61H114O6/c1-4-7-10-13-16-19-22-24-26-28-29-30-31-33-35-37-40-42-45-48-51-54-60(63)66-57-58(67-61(64)55-52-49-46-43-38-21-18-15-12-9-6-3)56-65-59(62)53-50-47-44-41-39-36-34-32-27-25-23-20-17-14-11-8-5-2/h24-27,58H,4-23,28-57H2,1-3H3/b26-24-,27-25-/t58-/m0/s1. The third kappa shape index (κ3) is 54.7. The van der Waals surface area contributed by atoms with E-state index in [1.165, 1.54) is 231 Å². The normalized spacial score (nSPS) is 12.1. The largest absolute Gasteiger partial charge is 0.462 e. The summed E-state index contributed by atoms with van der Waals surface area (Å²) in [5, 5.41) is 0. The van der Waals surface area contributed by atoms with Gasteiger partial charge in [-0.2, -0.15) is 0 Å². The van der Waals surface area contributed by atoms with E-state index in [0.717, 1.165) is 57.8 Å². The molecule has 0 rings (SSSR count). The van der Waals surface area contributed by atoms with E-state index in [1.807, 2.05) is 0 Å². The highest BCUT2D eigenvalue weighted by Crippen LogP contribution is 2.17. The summed E-state index contributed by atoms with van der Waals surface area (Å²) >= 11 is 0. The molecular weight excluding hydrogens is 829 g/mol. The van der Waals surface area contributed by atoms with Crippen molar-refractivity contribution in [2.24, 2.45) is 0 Å². The number of rotatable bonds is 55. The Morgan fingerprint density at radius 3 is 0.746 bits per heavy atom. The minimum absolute atomic E-state index is 0.0685. The quantitative estimate of drug-likeness (QED) is 0.0262. The summed E-state index contributed by atoms with van der Waals surface area (Å²) in [4.78, 5) is 38.1. The maximum absolute atomic E-state index is 12.8. The highest BCUT2D eigenvalue weighted by atomic mass is 16.6. The predicted molar refractivity (Wildman–Crippen MR) is 289 cm³/mol. The molecule has 0 unspecified atom stereocenters. The first-order valence-electron chi connectivity index (χ1n) is 29.8. The van der Waals surface area contributed by atoms with Gasteiger partial charge in [-0.3, -0.25) is 14.4 Å². The van der Waals surface area contributed by atoms with Gasteiger partial charge in [0.2, 0.25) is 0 Å². The third-order valence-corrected chi connectivity index (χ3v) is 13.4. The van der Waals surface area contributed by atoms with Crippen LogP contribution in [0.15, 0.2) is 24.3 Å². The minimum atomic E-state index is -0.768. The number of unbranched alkanes of at least 4 members (excludes halogenated alkanes) is 40. The van der Waals surface area contributed by atoms with Crippen LogP contribution in [0, 0.1) is 0 Å². The molecule has 6 heteroatoms. The van der Waals surface area contributed by atoms with Gasteiger partial charge in [0.05, 0.1) is 0 Å². The number of carbonyl (C=O) groups excluding carboxylic acids is 3. The lowest BCUT2D eigenvalue weighted by atomic mass is 10.0. The van der Waals surface area contributed by atoms with E-state index >= 15 is 0 Å². The number of carbonyl (C=O) groups is 3. The highest BCUT2D eigenvalue weighted by Gasteiger charge is 2.19. The van der Waals surface area contributed by atoms with Crippen LogP contribution in [0.3, 0.4) is 0 Å². The smallest absolute Gasteiger partial charge is 0.306 e. The molecule has 0 aromatic heterocycles. The summed E-state index contributed by atoms with van der Waals surface area (Å²) in [6.45, 7) is 6.67. The predicted octanol–water partition coefficient (Wildman–Crippen LogP) is 19.9. The maximum atomic E-state index is 12.8. The first-order chi connectivity index (χ1) is 33.0. The molecule has 394 valence electrons. The van der Waals surface area contributed by atoms with Gasteiger partial charge in [0, 0.05) is 19.3 Å². The molecule has 0 radical (unpaired) electrons. The number of allylic oxidation sites excluding steroid dienone is 4. The van der Waals surface area contributed by atoms with Crippen LogP contribution in [0.2, 0.25) is 0 Å². The second-order valence-corrected chi connectivity index (χ2v) is 20.3. The van der Waals surface area contributed by atoms with E-state index in [-0.39, 0.29) is 31.1 Å². The average Bonchev–Trinajstić information content (AvgIpc) is 3.33. The molecule has 0 amide bonds. The molecule has 0 saturated heterocycles. The molecule has 0 N–H and O–H groups in total. The van der Waals surface area contributed by atoms with Gasteiger partial charge in [0.25, 0.3) is 0 Å². The van der Waals surface area contributed by atoms with Gasteiger partial charge in [-0.15, -0.1) is 0 Å². The summed E-state index contributed by atoms with van der Waals surface area (Å²) in [5.74, 6) is -0.854. The lowest BCUT2D eigenvalue weighted by Crippen LogP contribution is -2.30. The van der Waals surface area contributed by atoms with Crippen LogP contribution in [-0.2, 0) is 28.6 Å². The fraction of sp³-hybridized carbons (Fsp3) is 0.885. The van der Waals surface area contributed by atoms with E-state index in [1.54, 1.807) is 0 Å². The van der Waals surface area contributed by atoms with Crippen LogP contribution in [-0.4, -0.2) is 37.2 Å². The highest BCUT2D eigenvalue weighted by molar-refractivity contribution is 5.71. The number of hydrogen-bond acceptors (Lipinski definition) is 6. The van der Waals surface area contributed by atoms with E-state index in [4.69, 9.17) is 14.2 Å². The second-order valence-electron chi connectivity index (χ2n) is 20.3. The van der Waals surface area contributed by atoms with Gasteiger partial charge in [0.15, 0.2) is 6.10 Å². The molecule has 0 saturated carbocycles. The van der Waals surface area contributed by atoms with Crippen LogP contribution in [0.1, 0.15) is 329 Å². The van der Waals surface area contributed by atoms with Crippen molar-refractivity contribution >= 4 is 17.9 Å². The van der Waals surface area contributed by atoms with Crippen molar-refractivity contribution in [3.63, 3.8) is 0 Å². The first-order valence-corrected chi connectivity index (χ1v) is 29.8. The number of hydrogen-bond donors (Lipinski definition) is 0. The van der Waals surface area contributed by atoms with Crippen molar-refractivity contribution in [2.45, 2.75) is 335 Å². The molecule has 0 aliphatic heterocycles.